The zero-order chi connectivity index (χ0) is 36.1. The number of para-hydroxylation sites is 1. The highest BCUT2D eigenvalue weighted by Gasteiger charge is 2.46. The van der Waals surface area contributed by atoms with E-state index in [1.54, 1.807) is 0 Å². The average molecular weight is 704 g/mol. The Balaban J connectivity index is 1.24. The molecule has 3 heteroatoms. The molecule has 1 fully saturated rings. The summed E-state index contributed by atoms with van der Waals surface area (Å²) in [6, 6.07) is 59.9. The predicted octanol–water partition coefficient (Wildman–Crippen LogP) is 13.6. The first kappa shape index (κ1) is 30.8. The monoisotopic (exact) mass is 703 g/mol. The predicted molar refractivity (Wildman–Crippen MR) is 229 cm³/mol. The van der Waals surface area contributed by atoms with Crippen molar-refractivity contribution in [3.63, 3.8) is 0 Å². The first-order valence-electron chi connectivity index (χ1n) is 19.7. The minimum Gasteiger partial charge on any atom is -0.277 e. The number of hydrogen-bond donors (Lipinski definition) is 0. The third-order valence-corrected chi connectivity index (χ3v) is 12.8. The molecule has 0 N–H and O–H groups in total. The molecule has 55 heavy (non-hydrogen) atoms. The Labute approximate surface area is 319 Å². The van der Waals surface area contributed by atoms with E-state index in [1.807, 2.05) is 0 Å². The molecule has 0 saturated heterocycles. The van der Waals surface area contributed by atoms with E-state index in [-0.39, 0.29) is 5.41 Å². The van der Waals surface area contributed by atoms with Crippen LogP contribution >= 0.6 is 0 Å². The summed E-state index contributed by atoms with van der Waals surface area (Å²) in [6.45, 7) is 0. The Kier molecular flexibility index (Phi) is 6.56. The van der Waals surface area contributed by atoms with Gasteiger partial charge in [0, 0.05) is 37.9 Å². The van der Waals surface area contributed by atoms with Crippen LogP contribution in [0.4, 0.5) is 0 Å². The van der Waals surface area contributed by atoms with E-state index in [1.165, 1.54) is 109 Å². The Bertz CT molecular complexity index is 3170. The van der Waals surface area contributed by atoms with Crippen LogP contribution in [0.1, 0.15) is 43.2 Å². The van der Waals surface area contributed by atoms with Gasteiger partial charge in [0.15, 0.2) is 0 Å². The topological polar surface area (TPSA) is 30.7 Å². The van der Waals surface area contributed by atoms with Crippen molar-refractivity contribution in [2.45, 2.75) is 37.5 Å². The van der Waals surface area contributed by atoms with Gasteiger partial charge < -0.3 is 0 Å². The molecule has 2 aliphatic carbocycles. The molecule has 0 atom stereocenters. The van der Waals surface area contributed by atoms with E-state index in [2.05, 4.69) is 168 Å². The van der Waals surface area contributed by atoms with Crippen LogP contribution in [0.2, 0.25) is 0 Å². The number of fused-ring (bicyclic) bond motifs is 15. The first-order valence-corrected chi connectivity index (χ1v) is 19.7. The SMILES string of the molecule is c1ccc(-c2ccc(-c3nc(-n4c5c6ccccc6ccc5c5c6c(c7ccccc7c54)-c4ccccc4C64CCCCC4)nc4ccccc34)cc2)cc1. The summed E-state index contributed by atoms with van der Waals surface area (Å²) in [5.74, 6) is 0.704. The van der Waals surface area contributed by atoms with Crippen molar-refractivity contribution in [1.29, 1.82) is 0 Å². The fourth-order valence-corrected chi connectivity index (χ4v) is 10.4. The van der Waals surface area contributed by atoms with Crippen molar-refractivity contribution in [1.82, 2.24) is 14.5 Å². The van der Waals surface area contributed by atoms with Crippen molar-refractivity contribution >= 4 is 54.3 Å². The van der Waals surface area contributed by atoms with Crippen LogP contribution in [-0.4, -0.2) is 14.5 Å². The lowest BCUT2D eigenvalue weighted by atomic mass is 9.66. The summed E-state index contributed by atoms with van der Waals surface area (Å²) < 4.78 is 2.43. The Morgan fingerprint density at radius 2 is 1.11 bits per heavy atom. The van der Waals surface area contributed by atoms with Crippen LogP contribution in [0.5, 0.6) is 0 Å². The second kappa shape index (κ2) is 11.7. The van der Waals surface area contributed by atoms with Gasteiger partial charge in [-0.3, -0.25) is 4.57 Å². The highest BCUT2D eigenvalue weighted by Crippen LogP contribution is 2.61. The highest BCUT2D eigenvalue weighted by molar-refractivity contribution is 6.28. The van der Waals surface area contributed by atoms with E-state index in [4.69, 9.17) is 9.97 Å². The molecule has 10 aromatic rings. The quantitative estimate of drug-likeness (QED) is 0.183. The van der Waals surface area contributed by atoms with Gasteiger partial charge >= 0.3 is 0 Å². The molecule has 3 nitrogen and oxygen atoms in total. The molecule has 2 aliphatic rings. The van der Waals surface area contributed by atoms with Gasteiger partial charge in [0.05, 0.1) is 22.2 Å². The largest absolute Gasteiger partial charge is 0.277 e. The van der Waals surface area contributed by atoms with E-state index in [9.17, 15) is 0 Å². The Hall–Kier alpha value is -6.58. The normalized spacial score (nSPS) is 14.7. The number of rotatable bonds is 3. The molecule has 12 rings (SSSR count). The third-order valence-electron chi connectivity index (χ3n) is 12.8. The third kappa shape index (κ3) is 4.32. The lowest BCUT2D eigenvalue weighted by Gasteiger charge is -2.36. The van der Waals surface area contributed by atoms with Gasteiger partial charge in [-0.25, -0.2) is 9.97 Å². The highest BCUT2D eigenvalue weighted by atomic mass is 15.2. The lowest BCUT2D eigenvalue weighted by molar-refractivity contribution is 0.355. The van der Waals surface area contributed by atoms with E-state index >= 15 is 0 Å². The molecule has 2 aromatic heterocycles. The smallest absolute Gasteiger partial charge is 0.235 e. The Morgan fingerprint density at radius 1 is 0.455 bits per heavy atom. The van der Waals surface area contributed by atoms with Gasteiger partial charge in [-0.1, -0.05) is 177 Å². The van der Waals surface area contributed by atoms with Gasteiger partial charge in [0.2, 0.25) is 5.95 Å². The van der Waals surface area contributed by atoms with Crippen LogP contribution in [0.25, 0.3) is 93.7 Å². The van der Waals surface area contributed by atoms with Crippen LogP contribution in [-0.2, 0) is 5.41 Å². The second-order valence-corrected chi connectivity index (χ2v) is 15.6. The average Bonchev–Trinajstić information content (AvgIpc) is 3.75. The van der Waals surface area contributed by atoms with Crippen LogP contribution in [0.3, 0.4) is 0 Å². The molecule has 1 spiro atoms. The molecule has 0 unspecified atom stereocenters. The van der Waals surface area contributed by atoms with Crippen LogP contribution in [0.15, 0.2) is 164 Å². The molecule has 1 saturated carbocycles. The summed E-state index contributed by atoms with van der Waals surface area (Å²) in [4.78, 5) is 11.1. The van der Waals surface area contributed by atoms with Crippen molar-refractivity contribution in [2.24, 2.45) is 0 Å². The maximum Gasteiger partial charge on any atom is 0.235 e. The maximum absolute atomic E-state index is 5.62. The van der Waals surface area contributed by atoms with Crippen molar-refractivity contribution in [3.05, 3.63) is 175 Å². The van der Waals surface area contributed by atoms with Crippen LogP contribution in [0, 0.1) is 0 Å². The van der Waals surface area contributed by atoms with Gasteiger partial charge in [-0.2, -0.15) is 0 Å². The number of benzene rings is 8. The molecule has 0 aliphatic heterocycles. The molecule has 0 amide bonds. The van der Waals surface area contributed by atoms with Crippen LogP contribution < -0.4 is 0 Å². The van der Waals surface area contributed by atoms with E-state index in [0.29, 0.717) is 5.95 Å². The van der Waals surface area contributed by atoms with Gasteiger partial charge in [-0.15, -0.1) is 0 Å². The van der Waals surface area contributed by atoms with Gasteiger partial charge in [-0.05, 0) is 63.1 Å². The maximum atomic E-state index is 5.62. The molecule has 260 valence electrons. The summed E-state index contributed by atoms with van der Waals surface area (Å²) in [5, 5.41) is 8.67. The molecule has 0 bridgehead atoms. The van der Waals surface area contributed by atoms with Gasteiger partial charge in [0.1, 0.15) is 0 Å². The van der Waals surface area contributed by atoms with Gasteiger partial charge in [0.25, 0.3) is 0 Å². The summed E-state index contributed by atoms with van der Waals surface area (Å²) in [7, 11) is 0. The molecule has 8 aromatic carbocycles. The van der Waals surface area contributed by atoms with E-state index < -0.39 is 0 Å². The molecular formula is C52H37N3. The lowest BCUT2D eigenvalue weighted by Crippen LogP contribution is -2.28. The second-order valence-electron chi connectivity index (χ2n) is 15.6. The van der Waals surface area contributed by atoms with Crippen molar-refractivity contribution in [3.8, 4) is 39.5 Å². The first-order chi connectivity index (χ1) is 27.3. The van der Waals surface area contributed by atoms with Crippen molar-refractivity contribution < 1.29 is 0 Å². The number of aromatic nitrogens is 3. The zero-order valence-corrected chi connectivity index (χ0v) is 30.5. The minimum absolute atomic E-state index is 0.0346. The summed E-state index contributed by atoms with van der Waals surface area (Å²) >= 11 is 0. The molecule has 0 radical (unpaired) electrons. The minimum atomic E-state index is -0.0346. The fourth-order valence-electron chi connectivity index (χ4n) is 10.4. The summed E-state index contributed by atoms with van der Waals surface area (Å²) in [5.41, 5.74) is 13.5. The zero-order valence-electron chi connectivity index (χ0n) is 30.5. The Morgan fingerprint density at radius 3 is 1.95 bits per heavy atom. The summed E-state index contributed by atoms with van der Waals surface area (Å²) in [6.07, 6.45) is 6.11. The molecule has 2 heterocycles. The number of nitrogens with zero attached hydrogens (tertiary/aromatic N) is 3. The fraction of sp³-hybridized carbons (Fsp3) is 0.115. The standard InChI is InChI=1S/C52H37N3/c1-3-15-33(16-4-1)34-25-27-36(28-26-34)48-41-22-10-12-24-44(41)53-51(54-48)55-49-37-18-6-5-17-35(37)29-30-42(49)46-47-45(38-19-7-8-20-39(38)50(46)55)40-21-9-11-23-43(40)52(47)31-13-2-14-32-52/h1,3-12,15-30H,2,13-14,31-32H2. The van der Waals surface area contributed by atoms with E-state index in [0.717, 1.165) is 22.2 Å². The molecular weight excluding hydrogens is 667 g/mol. The number of hydrogen-bond acceptors (Lipinski definition) is 2. The van der Waals surface area contributed by atoms with Crippen molar-refractivity contribution in [2.75, 3.05) is 0 Å².